The number of carbonyl (C=O) groups is 1. The number of anilines is 1. The summed E-state index contributed by atoms with van der Waals surface area (Å²) >= 11 is 0. The Bertz CT molecular complexity index is 399. The van der Waals surface area contributed by atoms with E-state index in [9.17, 15) is 4.79 Å². The van der Waals surface area contributed by atoms with E-state index in [2.05, 4.69) is 21.8 Å². The second-order valence-corrected chi connectivity index (χ2v) is 4.47. The minimum atomic E-state index is 0.0782. The third kappa shape index (κ3) is 3.01. The van der Waals surface area contributed by atoms with Gasteiger partial charge in [-0.1, -0.05) is 0 Å². The van der Waals surface area contributed by atoms with E-state index in [1.54, 1.807) is 12.3 Å². The number of pyridine rings is 1. The molecule has 1 saturated heterocycles. The van der Waals surface area contributed by atoms with Crippen molar-refractivity contribution in [1.82, 2.24) is 14.8 Å². The van der Waals surface area contributed by atoms with E-state index in [0.717, 1.165) is 26.2 Å². The fourth-order valence-electron chi connectivity index (χ4n) is 1.95. The zero-order valence-electron chi connectivity index (χ0n) is 10.1. The minimum absolute atomic E-state index is 0.0782. The van der Waals surface area contributed by atoms with Crippen molar-refractivity contribution in [2.75, 3.05) is 45.5 Å². The second-order valence-electron chi connectivity index (χ2n) is 4.47. The Morgan fingerprint density at radius 1 is 1.41 bits per heavy atom. The van der Waals surface area contributed by atoms with E-state index in [0.29, 0.717) is 17.8 Å². The molecule has 5 heteroatoms. The van der Waals surface area contributed by atoms with Crippen molar-refractivity contribution in [2.45, 2.75) is 0 Å². The molecule has 1 aliphatic heterocycles. The Balaban J connectivity index is 1.96. The number of hydrogen-bond acceptors (Lipinski definition) is 5. The number of nitrogen functional groups attached to an aromatic ring is 1. The first-order valence-corrected chi connectivity index (χ1v) is 5.80. The topological polar surface area (TPSA) is 62.5 Å². The lowest BCUT2D eigenvalue weighted by atomic mass is 10.1. The molecule has 2 N–H and O–H groups in total. The third-order valence-electron chi connectivity index (χ3n) is 3.12. The zero-order chi connectivity index (χ0) is 12.3. The summed E-state index contributed by atoms with van der Waals surface area (Å²) in [6.07, 6.45) is 3.13. The van der Waals surface area contributed by atoms with Gasteiger partial charge in [-0.15, -0.1) is 0 Å². The highest BCUT2D eigenvalue weighted by Crippen LogP contribution is 2.11. The van der Waals surface area contributed by atoms with Crippen LogP contribution in [0.4, 0.5) is 5.69 Å². The molecule has 2 rings (SSSR count). The van der Waals surface area contributed by atoms with Gasteiger partial charge in [0.05, 0.1) is 18.4 Å². The molecule has 1 aromatic rings. The van der Waals surface area contributed by atoms with E-state index in [1.807, 2.05) is 0 Å². The Hall–Kier alpha value is -1.46. The van der Waals surface area contributed by atoms with Gasteiger partial charge in [0.25, 0.3) is 0 Å². The summed E-state index contributed by atoms with van der Waals surface area (Å²) in [6, 6.07) is 1.69. The first-order valence-electron chi connectivity index (χ1n) is 5.80. The van der Waals surface area contributed by atoms with Crippen molar-refractivity contribution >= 4 is 11.5 Å². The highest BCUT2D eigenvalue weighted by Gasteiger charge is 2.18. The quantitative estimate of drug-likeness (QED) is 0.751. The number of carbonyl (C=O) groups excluding carboxylic acids is 1. The summed E-state index contributed by atoms with van der Waals surface area (Å²) < 4.78 is 0. The number of rotatable bonds is 3. The molecular formula is C12H18N4O. The van der Waals surface area contributed by atoms with Crippen LogP contribution in [0.3, 0.4) is 0 Å². The molecule has 0 amide bonds. The number of nitrogens with two attached hydrogens (primary N) is 1. The van der Waals surface area contributed by atoms with Gasteiger partial charge in [0.1, 0.15) is 0 Å². The molecule has 1 fully saturated rings. The average molecular weight is 234 g/mol. The van der Waals surface area contributed by atoms with Crippen LogP contribution >= 0.6 is 0 Å². The van der Waals surface area contributed by atoms with Gasteiger partial charge in [0, 0.05) is 37.9 Å². The number of piperazine rings is 1. The summed E-state index contributed by atoms with van der Waals surface area (Å²) in [4.78, 5) is 20.4. The Kier molecular flexibility index (Phi) is 3.71. The maximum atomic E-state index is 12.1. The van der Waals surface area contributed by atoms with Gasteiger partial charge in [-0.2, -0.15) is 0 Å². The monoisotopic (exact) mass is 234 g/mol. The number of likely N-dealkylation sites (N-methyl/N-ethyl adjacent to an activating group) is 1. The summed E-state index contributed by atoms with van der Waals surface area (Å²) in [5.74, 6) is 0.0782. The highest BCUT2D eigenvalue weighted by molar-refractivity contribution is 6.01. The van der Waals surface area contributed by atoms with Gasteiger partial charge >= 0.3 is 0 Å². The number of aromatic nitrogens is 1. The lowest BCUT2D eigenvalue weighted by molar-refractivity contribution is 0.0877. The summed E-state index contributed by atoms with van der Waals surface area (Å²) in [6.45, 7) is 4.35. The van der Waals surface area contributed by atoms with Gasteiger partial charge < -0.3 is 10.6 Å². The van der Waals surface area contributed by atoms with Crippen LogP contribution in [-0.4, -0.2) is 60.3 Å². The Morgan fingerprint density at radius 3 is 2.76 bits per heavy atom. The molecule has 0 spiro atoms. The first-order chi connectivity index (χ1) is 8.16. The van der Waals surface area contributed by atoms with Crippen LogP contribution in [0.25, 0.3) is 0 Å². The van der Waals surface area contributed by atoms with Crippen molar-refractivity contribution < 1.29 is 4.79 Å². The lowest BCUT2D eigenvalue weighted by Crippen LogP contribution is -2.46. The standard InChI is InChI=1S/C12H18N4O/c1-15-4-6-16(7-5-15)9-12(17)10-2-3-14-8-11(10)13/h2-3,8H,4-7,9,13H2,1H3. The normalized spacial score (nSPS) is 18.2. The van der Waals surface area contributed by atoms with Crippen molar-refractivity contribution in [3.8, 4) is 0 Å². The maximum absolute atomic E-state index is 12.1. The van der Waals surface area contributed by atoms with E-state index < -0.39 is 0 Å². The molecule has 0 atom stereocenters. The van der Waals surface area contributed by atoms with Gasteiger partial charge in [-0.25, -0.2) is 0 Å². The van der Waals surface area contributed by atoms with Crippen molar-refractivity contribution in [2.24, 2.45) is 0 Å². The van der Waals surface area contributed by atoms with E-state index >= 15 is 0 Å². The van der Waals surface area contributed by atoms with Crippen LogP contribution in [0.15, 0.2) is 18.5 Å². The first kappa shape index (κ1) is 12.0. The molecule has 17 heavy (non-hydrogen) atoms. The molecule has 0 bridgehead atoms. The molecule has 0 aromatic carbocycles. The van der Waals surface area contributed by atoms with E-state index in [4.69, 9.17) is 5.73 Å². The summed E-state index contributed by atoms with van der Waals surface area (Å²) in [5.41, 5.74) is 6.79. The minimum Gasteiger partial charge on any atom is -0.397 e. The fourth-order valence-corrected chi connectivity index (χ4v) is 1.95. The average Bonchev–Trinajstić information content (AvgIpc) is 2.32. The number of nitrogens with zero attached hydrogens (tertiary/aromatic N) is 3. The van der Waals surface area contributed by atoms with Gasteiger partial charge in [-0.05, 0) is 13.1 Å². The van der Waals surface area contributed by atoms with Crippen LogP contribution in [0.2, 0.25) is 0 Å². The predicted octanol–water partition coefficient (Wildman–Crippen LogP) is 0.0939. The van der Waals surface area contributed by atoms with Crippen LogP contribution < -0.4 is 5.73 Å². The molecular weight excluding hydrogens is 216 g/mol. The molecule has 1 aromatic heterocycles. The highest BCUT2D eigenvalue weighted by atomic mass is 16.1. The maximum Gasteiger partial charge on any atom is 0.178 e. The number of ketones is 1. The molecule has 0 saturated carbocycles. The van der Waals surface area contributed by atoms with Gasteiger partial charge in [-0.3, -0.25) is 14.7 Å². The SMILES string of the molecule is CN1CCN(CC(=O)c2ccncc2N)CC1. The van der Waals surface area contributed by atoms with Crippen LogP contribution in [0.5, 0.6) is 0 Å². The smallest absolute Gasteiger partial charge is 0.178 e. The van der Waals surface area contributed by atoms with Crippen LogP contribution in [0, 0.1) is 0 Å². The molecule has 92 valence electrons. The van der Waals surface area contributed by atoms with E-state index in [1.165, 1.54) is 6.20 Å². The third-order valence-corrected chi connectivity index (χ3v) is 3.12. The Morgan fingerprint density at radius 2 is 2.12 bits per heavy atom. The van der Waals surface area contributed by atoms with E-state index in [-0.39, 0.29) is 5.78 Å². The molecule has 1 aliphatic rings. The van der Waals surface area contributed by atoms with Crippen molar-refractivity contribution in [1.29, 1.82) is 0 Å². The molecule has 5 nitrogen and oxygen atoms in total. The molecule has 2 heterocycles. The molecule has 0 radical (unpaired) electrons. The van der Waals surface area contributed by atoms with Crippen LogP contribution in [0.1, 0.15) is 10.4 Å². The van der Waals surface area contributed by atoms with Gasteiger partial charge in [0.2, 0.25) is 0 Å². The zero-order valence-corrected chi connectivity index (χ0v) is 10.1. The summed E-state index contributed by atoms with van der Waals surface area (Å²) in [7, 11) is 2.10. The molecule has 0 aliphatic carbocycles. The second kappa shape index (κ2) is 5.25. The largest absolute Gasteiger partial charge is 0.397 e. The molecule has 0 unspecified atom stereocenters. The van der Waals surface area contributed by atoms with Gasteiger partial charge in [0.15, 0.2) is 5.78 Å². The van der Waals surface area contributed by atoms with Crippen LogP contribution in [-0.2, 0) is 0 Å². The summed E-state index contributed by atoms with van der Waals surface area (Å²) in [5, 5.41) is 0. The number of Topliss-reactive ketones (excluding diaryl/α,β-unsaturated/α-hetero) is 1. The van der Waals surface area contributed by atoms with Crippen molar-refractivity contribution in [3.05, 3.63) is 24.0 Å². The lowest BCUT2D eigenvalue weighted by Gasteiger charge is -2.31. The van der Waals surface area contributed by atoms with Crippen molar-refractivity contribution in [3.63, 3.8) is 0 Å². The number of hydrogen-bond donors (Lipinski definition) is 1. The Labute approximate surface area is 101 Å². The fraction of sp³-hybridized carbons (Fsp3) is 0.500. The predicted molar refractivity (Wildman–Crippen MR) is 66.9 cm³/mol.